The third-order valence-corrected chi connectivity index (χ3v) is 2.06. The number of imide groups is 1. The number of para-hydroxylation sites is 1. The van der Waals surface area contributed by atoms with Crippen LogP contribution < -0.4 is 10.2 Å². The number of nitrogens with zero attached hydrogens (tertiary/aromatic N) is 1. The number of rotatable bonds is 2. The summed E-state index contributed by atoms with van der Waals surface area (Å²) >= 11 is 0. The number of urea groups is 1. The van der Waals surface area contributed by atoms with Gasteiger partial charge in [0.15, 0.2) is 5.75 Å². The van der Waals surface area contributed by atoms with Crippen LogP contribution in [-0.2, 0) is 4.79 Å². The van der Waals surface area contributed by atoms with Crippen molar-refractivity contribution in [2.45, 2.75) is 6.92 Å². The lowest BCUT2D eigenvalue weighted by molar-refractivity contribution is -0.120. The topological polar surface area (TPSA) is 58.6 Å². The van der Waals surface area contributed by atoms with E-state index in [4.69, 9.17) is 4.84 Å². The number of aryl methyl sites for hydroxylation is 1. The predicted octanol–water partition coefficient (Wildman–Crippen LogP) is 0.841. The van der Waals surface area contributed by atoms with E-state index in [9.17, 15) is 9.59 Å². The molecular weight excluding hydrogens is 196 g/mol. The summed E-state index contributed by atoms with van der Waals surface area (Å²) < 4.78 is 0. The first-order chi connectivity index (χ1) is 7.16. The average Bonchev–Trinajstić information content (AvgIpc) is 2.49. The van der Waals surface area contributed by atoms with Crippen LogP contribution in [-0.4, -0.2) is 23.5 Å². The lowest BCUT2D eigenvalue weighted by Gasteiger charge is -2.15. The van der Waals surface area contributed by atoms with E-state index in [1.165, 1.54) is 0 Å². The van der Waals surface area contributed by atoms with Crippen LogP contribution in [0.5, 0.6) is 5.75 Å². The maximum Gasteiger partial charge on any atom is 0.357 e. The maximum absolute atomic E-state index is 11.2. The fourth-order valence-electron chi connectivity index (χ4n) is 1.27. The van der Waals surface area contributed by atoms with Crippen molar-refractivity contribution >= 4 is 11.9 Å². The zero-order valence-corrected chi connectivity index (χ0v) is 8.19. The Morgan fingerprint density at radius 2 is 2.07 bits per heavy atom. The van der Waals surface area contributed by atoms with E-state index < -0.39 is 6.03 Å². The molecular formula is C10H10N2O3. The average molecular weight is 206 g/mol. The summed E-state index contributed by atoms with van der Waals surface area (Å²) in [5, 5.41) is 3.13. The second-order valence-electron chi connectivity index (χ2n) is 3.25. The van der Waals surface area contributed by atoms with E-state index in [0.717, 1.165) is 10.6 Å². The molecule has 0 atom stereocenters. The Kier molecular flexibility index (Phi) is 2.29. The first-order valence-corrected chi connectivity index (χ1v) is 4.52. The van der Waals surface area contributed by atoms with E-state index in [1.807, 2.05) is 19.1 Å². The van der Waals surface area contributed by atoms with E-state index in [0.29, 0.717) is 5.75 Å². The molecule has 1 saturated heterocycles. The molecule has 1 N–H and O–H groups in total. The van der Waals surface area contributed by atoms with Crippen LogP contribution >= 0.6 is 0 Å². The van der Waals surface area contributed by atoms with E-state index in [2.05, 4.69) is 5.32 Å². The number of carbonyl (C=O) groups is 2. The highest BCUT2D eigenvalue weighted by Crippen LogP contribution is 2.18. The molecule has 3 amide bonds. The first kappa shape index (κ1) is 9.51. The van der Waals surface area contributed by atoms with Crippen LogP contribution in [0.25, 0.3) is 0 Å². The minimum atomic E-state index is -0.525. The van der Waals surface area contributed by atoms with Gasteiger partial charge in [0, 0.05) is 0 Å². The first-order valence-electron chi connectivity index (χ1n) is 4.52. The molecule has 1 aliphatic heterocycles. The van der Waals surface area contributed by atoms with Crippen LogP contribution in [0, 0.1) is 6.92 Å². The predicted molar refractivity (Wildman–Crippen MR) is 52.1 cm³/mol. The molecule has 5 nitrogen and oxygen atoms in total. The molecule has 0 spiro atoms. The summed E-state index contributed by atoms with van der Waals surface area (Å²) in [5.74, 6) is 0.218. The van der Waals surface area contributed by atoms with Gasteiger partial charge in [-0.1, -0.05) is 18.2 Å². The molecule has 0 aliphatic carbocycles. The van der Waals surface area contributed by atoms with Gasteiger partial charge in [-0.2, -0.15) is 0 Å². The SMILES string of the molecule is Cc1ccccc1ON1CC(=O)NC1=O. The van der Waals surface area contributed by atoms with Gasteiger partial charge in [-0.3, -0.25) is 10.1 Å². The Morgan fingerprint density at radius 1 is 1.33 bits per heavy atom. The fourth-order valence-corrected chi connectivity index (χ4v) is 1.27. The smallest absolute Gasteiger partial charge is 0.357 e. The Morgan fingerprint density at radius 3 is 2.67 bits per heavy atom. The van der Waals surface area contributed by atoms with Crippen LogP contribution in [0.1, 0.15) is 5.56 Å². The Labute approximate surface area is 86.6 Å². The third kappa shape index (κ3) is 1.90. The molecule has 1 aromatic carbocycles. The van der Waals surface area contributed by atoms with Gasteiger partial charge in [0.2, 0.25) is 0 Å². The monoisotopic (exact) mass is 206 g/mol. The van der Waals surface area contributed by atoms with Crippen molar-refractivity contribution in [3.8, 4) is 5.75 Å². The van der Waals surface area contributed by atoms with Crippen molar-refractivity contribution in [1.82, 2.24) is 10.4 Å². The quantitative estimate of drug-likeness (QED) is 0.729. The molecule has 1 aromatic rings. The van der Waals surface area contributed by atoms with Crippen molar-refractivity contribution in [2.75, 3.05) is 6.54 Å². The van der Waals surface area contributed by atoms with Gasteiger partial charge in [-0.15, -0.1) is 5.06 Å². The van der Waals surface area contributed by atoms with Gasteiger partial charge in [0.25, 0.3) is 5.91 Å². The van der Waals surface area contributed by atoms with E-state index in [1.54, 1.807) is 12.1 Å². The summed E-state index contributed by atoms with van der Waals surface area (Å²) in [4.78, 5) is 27.3. The highest BCUT2D eigenvalue weighted by atomic mass is 16.7. The highest BCUT2D eigenvalue weighted by molar-refractivity contribution is 6.01. The summed E-state index contributed by atoms with van der Waals surface area (Å²) in [5.41, 5.74) is 0.907. The Hall–Kier alpha value is -2.04. The molecule has 15 heavy (non-hydrogen) atoms. The third-order valence-electron chi connectivity index (χ3n) is 2.06. The largest absolute Gasteiger partial charge is 0.375 e. The molecule has 0 radical (unpaired) electrons. The molecule has 0 aromatic heterocycles. The van der Waals surface area contributed by atoms with Gasteiger partial charge < -0.3 is 4.84 Å². The van der Waals surface area contributed by atoms with Crippen molar-refractivity contribution in [3.05, 3.63) is 29.8 Å². The van der Waals surface area contributed by atoms with E-state index in [-0.39, 0.29) is 12.5 Å². The van der Waals surface area contributed by atoms with Gasteiger partial charge >= 0.3 is 6.03 Å². The van der Waals surface area contributed by atoms with Gasteiger partial charge in [-0.25, -0.2) is 4.79 Å². The molecule has 1 fully saturated rings. The van der Waals surface area contributed by atoms with Gasteiger partial charge in [-0.05, 0) is 18.6 Å². The second-order valence-corrected chi connectivity index (χ2v) is 3.25. The molecule has 1 heterocycles. The number of carbonyl (C=O) groups excluding carboxylic acids is 2. The normalized spacial score (nSPS) is 15.4. The molecule has 2 rings (SSSR count). The number of benzene rings is 1. The minimum absolute atomic E-state index is 0.0623. The van der Waals surface area contributed by atoms with Gasteiger partial charge in [0.05, 0.1) is 0 Å². The standard InChI is InChI=1S/C10H10N2O3/c1-7-4-2-3-5-8(7)15-12-6-9(13)11-10(12)14/h2-5H,6H2,1H3,(H,11,13,14). The van der Waals surface area contributed by atoms with Crippen LogP contribution in [0.3, 0.4) is 0 Å². The number of hydroxylamine groups is 2. The summed E-state index contributed by atoms with van der Waals surface area (Å²) in [7, 11) is 0. The lowest BCUT2D eigenvalue weighted by Crippen LogP contribution is -2.31. The molecule has 78 valence electrons. The summed E-state index contributed by atoms with van der Waals surface area (Å²) in [6.45, 7) is 1.80. The zero-order valence-electron chi connectivity index (χ0n) is 8.19. The Balaban J connectivity index is 2.13. The lowest BCUT2D eigenvalue weighted by atomic mass is 10.2. The molecule has 0 saturated carbocycles. The van der Waals surface area contributed by atoms with Gasteiger partial charge in [0.1, 0.15) is 6.54 Å². The van der Waals surface area contributed by atoms with Crippen molar-refractivity contribution < 1.29 is 14.4 Å². The van der Waals surface area contributed by atoms with Crippen molar-refractivity contribution in [3.63, 3.8) is 0 Å². The Bertz CT molecular complexity index is 417. The van der Waals surface area contributed by atoms with Crippen molar-refractivity contribution in [1.29, 1.82) is 0 Å². The van der Waals surface area contributed by atoms with Crippen LogP contribution in [0.2, 0.25) is 0 Å². The highest BCUT2D eigenvalue weighted by Gasteiger charge is 2.28. The van der Waals surface area contributed by atoms with Crippen LogP contribution in [0.4, 0.5) is 4.79 Å². The number of nitrogens with one attached hydrogen (secondary N) is 1. The number of hydrogen-bond acceptors (Lipinski definition) is 3. The zero-order chi connectivity index (χ0) is 10.8. The number of amides is 3. The maximum atomic E-state index is 11.2. The number of hydrogen-bond donors (Lipinski definition) is 1. The molecule has 5 heteroatoms. The van der Waals surface area contributed by atoms with Crippen LogP contribution in [0.15, 0.2) is 24.3 Å². The van der Waals surface area contributed by atoms with E-state index >= 15 is 0 Å². The molecule has 0 unspecified atom stereocenters. The summed E-state index contributed by atoms with van der Waals surface area (Å²) in [6, 6.07) is 6.76. The summed E-state index contributed by atoms with van der Waals surface area (Å²) in [6.07, 6.45) is 0. The molecule has 0 bridgehead atoms. The molecule has 1 aliphatic rings. The fraction of sp³-hybridized carbons (Fsp3) is 0.200. The second kappa shape index (κ2) is 3.61. The minimum Gasteiger partial charge on any atom is -0.375 e. The van der Waals surface area contributed by atoms with Crippen molar-refractivity contribution in [2.24, 2.45) is 0 Å².